The molecule has 1 aromatic carbocycles. The smallest absolute Gasteiger partial charge is 0.0449 e. The molecule has 0 heterocycles. The lowest BCUT2D eigenvalue weighted by atomic mass is 9.90. The van der Waals surface area contributed by atoms with Gasteiger partial charge in [0.2, 0.25) is 0 Å². The van der Waals surface area contributed by atoms with Crippen molar-refractivity contribution in [1.29, 1.82) is 0 Å². The van der Waals surface area contributed by atoms with Gasteiger partial charge in [-0.3, -0.25) is 11.3 Å². The molecule has 1 rings (SSSR count). The van der Waals surface area contributed by atoms with E-state index >= 15 is 0 Å². The fourth-order valence-corrected chi connectivity index (χ4v) is 2.89. The van der Waals surface area contributed by atoms with Gasteiger partial charge in [-0.15, -0.1) is 0 Å². The first-order chi connectivity index (χ1) is 8.12. The summed E-state index contributed by atoms with van der Waals surface area (Å²) in [5, 5.41) is 0.797. The highest BCUT2D eigenvalue weighted by Gasteiger charge is 2.18. The summed E-state index contributed by atoms with van der Waals surface area (Å²) in [6, 6.07) is 6.28. The minimum atomic E-state index is 0.281. The zero-order valence-corrected chi connectivity index (χ0v) is 12.7. The first-order valence-corrected chi connectivity index (χ1v) is 7.19. The van der Waals surface area contributed by atoms with Gasteiger partial charge in [-0.1, -0.05) is 60.3 Å². The Bertz CT molecular complexity index is 353. The van der Waals surface area contributed by atoms with Crippen LogP contribution < -0.4 is 11.3 Å². The Morgan fingerprint density at radius 3 is 2.47 bits per heavy atom. The van der Waals surface area contributed by atoms with E-state index in [2.05, 4.69) is 41.3 Å². The number of nitrogens with two attached hydrogens (primary N) is 1. The number of hydrogen-bond acceptors (Lipinski definition) is 2. The van der Waals surface area contributed by atoms with E-state index in [0.29, 0.717) is 5.92 Å². The fourth-order valence-electron chi connectivity index (χ4n) is 2.14. The van der Waals surface area contributed by atoms with Crippen LogP contribution in [0.15, 0.2) is 22.7 Å². The van der Waals surface area contributed by atoms with Gasteiger partial charge in [0, 0.05) is 15.5 Å². The maximum atomic E-state index is 6.22. The van der Waals surface area contributed by atoms with E-state index in [1.54, 1.807) is 0 Å². The molecule has 0 aliphatic heterocycles. The molecule has 96 valence electrons. The van der Waals surface area contributed by atoms with Gasteiger partial charge in [0.05, 0.1) is 0 Å². The first-order valence-electron chi connectivity index (χ1n) is 6.02. The molecule has 0 fully saturated rings. The zero-order chi connectivity index (χ0) is 12.8. The summed E-state index contributed by atoms with van der Waals surface area (Å²) in [4.78, 5) is 0. The van der Waals surface area contributed by atoms with Crippen LogP contribution in [0.1, 0.15) is 32.3 Å². The average Bonchev–Trinajstić information content (AvgIpc) is 2.32. The second-order valence-corrected chi connectivity index (χ2v) is 5.61. The molecule has 1 atom stereocenters. The zero-order valence-electron chi connectivity index (χ0n) is 10.3. The molecule has 0 spiro atoms. The summed E-state index contributed by atoms with van der Waals surface area (Å²) in [6.07, 6.45) is 3.12. The van der Waals surface area contributed by atoms with Gasteiger partial charge in [0.25, 0.3) is 0 Å². The number of benzene rings is 1. The highest BCUT2D eigenvalue weighted by atomic mass is 79.9. The molecule has 17 heavy (non-hydrogen) atoms. The van der Waals surface area contributed by atoms with Crippen LogP contribution in [-0.2, 0) is 6.42 Å². The monoisotopic (exact) mass is 318 g/mol. The highest BCUT2D eigenvalue weighted by molar-refractivity contribution is 9.10. The lowest BCUT2D eigenvalue weighted by Gasteiger charge is -2.25. The quantitative estimate of drug-likeness (QED) is 0.616. The molecule has 0 saturated carbocycles. The summed E-state index contributed by atoms with van der Waals surface area (Å²) in [5.41, 5.74) is 4.07. The van der Waals surface area contributed by atoms with Crippen LogP contribution in [0.2, 0.25) is 5.02 Å². The van der Waals surface area contributed by atoms with Crippen LogP contribution in [-0.4, -0.2) is 6.04 Å². The number of hydrogen-bond donors (Lipinski definition) is 2. The number of rotatable bonds is 6. The molecule has 4 heteroatoms. The molecular weight excluding hydrogens is 300 g/mol. The maximum Gasteiger partial charge on any atom is 0.0449 e. The van der Waals surface area contributed by atoms with E-state index in [0.717, 1.165) is 34.3 Å². The minimum absolute atomic E-state index is 0.281. The van der Waals surface area contributed by atoms with Crippen LogP contribution in [0.3, 0.4) is 0 Å². The maximum absolute atomic E-state index is 6.22. The van der Waals surface area contributed by atoms with Gasteiger partial charge in [-0.05, 0) is 30.0 Å². The third-order valence-electron chi connectivity index (χ3n) is 3.29. The van der Waals surface area contributed by atoms with Crippen LogP contribution in [0.4, 0.5) is 0 Å². The van der Waals surface area contributed by atoms with Crippen molar-refractivity contribution in [3.05, 3.63) is 33.3 Å². The van der Waals surface area contributed by atoms with Gasteiger partial charge in [0.1, 0.15) is 0 Å². The molecule has 0 radical (unpaired) electrons. The minimum Gasteiger partial charge on any atom is -0.271 e. The van der Waals surface area contributed by atoms with Crippen LogP contribution >= 0.6 is 27.5 Å². The van der Waals surface area contributed by atoms with Gasteiger partial charge in [-0.25, -0.2) is 0 Å². The van der Waals surface area contributed by atoms with E-state index in [4.69, 9.17) is 17.4 Å². The molecular formula is C13H20BrClN2. The summed E-state index contributed by atoms with van der Waals surface area (Å²) in [5.74, 6) is 6.23. The Morgan fingerprint density at radius 1 is 1.35 bits per heavy atom. The molecule has 1 aromatic rings. The molecule has 0 aromatic heterocycles. The van der Waals surface area contributed by atoms with Crippen molar-refractivity contribution in [3.8, 4) is 0 Å². The van der Waals surface area contributed by atoms with Crippen molar-refractivity contribution in [1.82, 2.24) is 5.43 Å². The highest BCUT2D eigenvalue weighted by Crippen LogP contribution is 2.25. The number of hydrazine groups is 1. The van der Waals surface area contributed by atoms with Crippen molar-refractivity contribution in [2.45, 2.75) is 39.2 Å². The van der Waals surface area contributed by atoms with Crippen molar-refractivity contribution >= 4 is 27.5 Å². The normalized spacial score (nSPS) is 13.1. The second-order valence-electron chi connectivity index (χ2n) is 4.29. The lowest BCUT2D eigenvalue weighted by Crippen LogP contribution is -2.42. The molecule has 1 unspecified atom stereocenters. The Balaban J connectivity index is 2.80. The van der Waals surface area contributed by atoms with E-state index in [-0.39, 0.29) is 6.04 Å². The largest absolute Gasteiger partial charge is 0.271 e. The Labute approximate surface area is 117 Å². The van der Waals surface area contributed by atoms with Gasteiger partial charge in [0.15, 0.2) is 0 Å². The molecule has 0 aliphatic rings. The van der Waals surface area contributed by atoms with Crippen molar-refractivity contribution in [2.75, 3.05) is 0 Å². The van der Waals surface area contributed by atoms with E-state index in [9.17, 15) is 0 Å². The Morgan fingerprint density at radius 2 is 2.00 bits per heavy atom. The molecule has 3 N–H and O–H groups in total. The second kappa shape index (κ2) is 7.37. The van der Waals surface area contributed by atoms with Gasteiger partial charge >= 0.3 is 0 Å². The molecule has 2 nitrogen and oxygen atoms in total. The third kappa shape index (κ3) is 4.25. The summed E-state index contributed by atoms with van der Waals surface area (Å²) in [7, 11) is 0. The predicted octanol–water partition coefficient (Wildman–Crippen LogP) is 3.91. The Hall–Kier alpha value is -0.0900. The number of nitrogens with one attached hydrogen (secondary N) is 1. The number of halogens is 2. The summed E-state index contributed by atoms with van der Waals surface area (Å²) in [6.45, 7) is 4.39. The topological polar surface area (TPSA) is 38.0 Å². The van der Waals surface area contributed by atoms with E-state index in [1.807, 2.05) is 12.1 Å². The van der Waals surface area contributed by atoms with Crippen LogP contribution in [0.5, 0.6) is 0 Å². The SMILES string of the molecule is CCC(CC)C(Cc1ccc(Br)cc1Cl)NN. The third-order valence-corrected chi connectivity index (χ3v) is 4.13. The lowest BCUT2D eigenvalue weighted by molar-refractivity contribution is 0.335. The summed E-state index contributed by atoms with van der Waals surface area (Å²) >= 11 is 9.63. The van der Waals surface area contributed by atoms with Crippen molar-refractivity contribution in [2.24, 2.45) is 11.8 Å². The standard InChI is InChI=1S/C13H20BrClN2/c1-3-9(4-2)13(17-16)7-10-5-6-11(14)8-12(10)15/h5-6,8-9,13,17H,3-4,7,16H2,1-2H3. The average molecular weight is 320 g/mol. The molecule has 0 bridgehead atoms. The molecule has 0 aliphatic carbocycles. The van der Waals surface area contributed by atoms with Gasteiger partial charge < -0.3 is 0 Å². The molecule has 0 saturated heterocycles. The molecule has 0 amide bonds. The first kappa shape index (κ1) is 15.0. The van der Waals surface area contributed by atoms with E-state index < -0.39 is 0 Å². The van der Waals surface area contributed by atoms with Gasteiger partial charge in [-0.2, -0.15) is 0 Å². The Kier molecular flexibility index (Phi) is 6.49. The van der Waals surface area contributed by atoms with Crippen molar-refractivity contribution < 1.29 is 0 Å². The van der Waals surface area contributed by atoms with Crippen molar-refractivity contribution in [3.63, 3.8) is 0 Å². The predicted molar refractivity (Wildman–Crippen MR) is 78.0 cm³/mol. The van der Waals surface area contributed by atoms with Crippen LogP contribution in [0, 0.1) is 5.92 Å². The fraction of sp³-hybridized carbons (Fsp3) is 0.538. The van der Waals surface area contributed by atoms with Crippen LogP contribution in [0.25, 0.3) is 0 Å². The van der Waals surface area contributed by atoms with E-state index in [1.165, 1.54) is 0 Å². The summed E-state index contributed by atoms with van der Waals surface area (Å²) < 4.78 is 1.01.